The summed E-state index contributed by atoms with van der Waals surface area (Å²) >= 11 is 0. The first kappa shape index (κ1) is 13.7. The molecule has 0 amide bonds. The Kier molecular flexibility index (Phi) is 3.98. The summed E-state index contributed by atoms with van der Waals surface area (Å²) in [6.45, 7) is 1.95. The van der Waals surface area contributed by atoms with E-state index in [1.54, 1.807) is 14.2 Å². The molecule has 1 unspecified atom stereocenters. The number of hydrogen-bond donors (Lipinski definition) is 1. The number of carboxylic acids is 1. The molecule has 1 aliphatic rings. The SMILES string of the molecule is COc1c(C)ccc(C(CC(=O)O)C2CC2)c1OC. The number of methoxy groups -OCH3 is 2. The maximum atomic E-state index is 11.1. The number of carbonyl (C=O) groups is 1. The molecule has 0 bridgehead atoms. The first-order valence-corrected chi connectivity index (χ1v) is 6.51. The summed E-state index contributed by atoms with van der Waals surface area (Å²) in [6.07, 6.45) is 2.34. The Bertz CT molecular complexity index is 477. The lowest BCUT2D eigenvalue weighted by Crippen LogP contribution is -2.10. The second kappa shape index (κ2) is 5.51. The number of aliphatic carboxylic acids is 1. The predicted octanol–water partition coefficient (Wildman–Crippen LogP) is 2.98. The Morgan fingerprint density at radius 2 is 1.95 bits per heavy atom. The lowest BCUT2D eigenvalue weighted by atomic mass is 9.89. The molecule has 1 N–H and O–H groups in total. The zero-order valence-electron chi connectivity index (χ0n) is 11.6. The van der Waals surface area contributed by atoms with Crippen LogP contribution in [0.5, 0.6) is 11.5 Å². The van der Waals surface area contributed by atoms with Gasteiger partial charge in [-0.1, -0.05) is 12.1 Å². The second-order valence-corrected chi connectivity index (χ2v) is 5.08. The van der Waals surface area contributed by atoms with Gasteiger partial charge < -0.3 is 14.6 Å². The van der Waals surface area contributed by atoms with Gasteiger partial charge in [-0.25, -0.2) is 0 Å². The van der Waals surface area contributed by atoms with E-state index in [9.17, 15) is 4.79 Å². The van der Waals surface area contributed by atoms with E-state index in [-0.39, 0.29) is 12.3 Å². The summed E-state index contributed by atoms with van der Waals surface area (Å²) in [7, 11) is 3.21. The Balaban J connectivity index is 2.43. The van der Waals surface area contributed by atoms with Gasteiger partial charge >= 0.3 is 5.97 Å². The van der Waals surface area contributed by atoms with E-state index < -0.39 is 5.97 Å². The minimum atomic E-state index is -0.765. The molecule has 1 saturated carbocycles. The van der Waals surface area contributed by atoms with Crippen LogP contribution in [0, 0.1) is 12.8 Å². The topological polar surface area (TPSA) is 55.8 Å². The fraction of sp³-hybridized carbons (Fsp3) is 0.533. The molecule has 4 heteroatoms. The van der Waals surface area contributed by atoms with Crippen molar-refractivity contribution in [1.82, 2.24) is 0 Å². The maximum absolute atomic E-state index is 11.1. The maximum Gasteiger partial charge on any atom is 0.303 e. The van der Waals surface area contributed by atoms with Gasteiger partial charge in [0.05, 0.1) is 20.6 Å². The summed E-state index contributed by atoms with van der Waals surface area (Å²) in [5, 5.41) is 9.09. The van der Waals surface area contributed by atoms with E-state index in [1.807, 2.05) is 19.1 Å². The molecule has 1 atom stereocenters. The van der Waals surface area contributed by atoms with Gasteiger partial charge in [0.1, 0.15) is 0 Å². The summed E-state index contributed by atoms with van der Waals surface area (Å²) in [4.78, 5) is 11.1. The number of aryl methyl sites for hydroxylation is 1. The van der Waals surface area contributed by atoms with Gasteiger partial charge in [0.2, 0.25) is 0 Å². The number of hydrogen-bond acceptors (Lipinski definition) is 3. The lowest BCUT2D eigenvalue weighted by molar-refractivity contribution is -0.137. The van der Waals surface area contributed by atoms with E-state index in [0.717, 1.165) is 24.0 Å². The van der Waals surface area contributed by atoms with Crippen LogP contribution in [0.2, 0.25) is 0 Å². The summed E-state index contributed by atoms with van der Waals surface area (Å²) in [5.74, 6) is 1.09. The molecule has 1 fully saturated rings. The van der Waals surface area contributed by atoms with Gasteiger partial charge in [0, 0.05) is 11.5 Å². The smallest absolute Gasteiger partial charge is 0.303 e. The highest BCUT2D eigenvalue weighted by molar-refractivity contribution is 5.69. The Labute approximate surface area is 113 Å². The molecule has 104 valence electrons. The molecular weight excluding hydrogens is 244 g/mol. The van der Waals surface area contributed by atoms with E-state index in [1.165, 1.54) is 0 Å². The molecule has 2 rings (SSSR count). The van der Waals surface area contributed by atoms with Crippen LogP contribution in [0.15, 0.2) is 12.1 Å². The molecule has 0 aromatic heterocycles. The molecule has 1 aromatic carbocycles. The van der Waals surface area contributed by atoms with Gasteiger partial charge in [0.25, 0.3) is 0 Å². The largest absolute Gasteiger partial charge is 0.493 e. The molecule has 0 heterocycles. The highest BCUT2D eigenvalue weighted by Gasteiger charge is 2.36. The zero-order valence-corrected chi connectivity index (χ0v) is 11.6. The molecule has 0 radical (unpaired) electrons. The van der Waals surface area contributed by atoms with Crippen LogP contribution in [0.3, 0.4) is 0 Å². The molecular formula is C15H20O4. The van der Waals surface area contributed by atoms with Crippen LogP contribution < -0.4 is 9.47 Å². The highest BCUT2D eigenvalue weighted by Crippen LogP contribution is 2.49. The number of carboxylic acid groups (broad SMARTS) is 1. The van der Waals surface area contributed by atoms with Gasteiger partial charge in [-0.05, 0) is 31.2 Å². The van der Waals surface area contributed by atoms with Crippen molar-refractivity contribution in [3.63, 3.8) is 0 Å². The summed E-state index contributed by atoms with van der Waals surface area (Å²) < 4.78 is 10.9. The average Bonchev–Trinajstić information content (AvgIpc) is 3.19. The van der Waals surface area contributed by atoms with Crippen molar-refractivity contribution in [2.75, 3.05) is 14.2 Å². The predicted molar refractivity (Wildman–Crippen MR) is 72.0 cm³/mol. The van der Waals surface area contributed by atoms with Crippen molar-refractivity contribution in [3.05, 3.63) is 23.3 Å². The molecule has 4 nitrogen and oxygen atoms in total. The van der Waals surface area contributed by atoms with E-state index >= 15 is 0 Å². The first-order valence-electron chi connectivity index (χ1n) is 6.51. The Morgan fingerprint density at radius 3 is 2.42 bits per heavy atom. The number of ether oxygens (including phenoxy) is 2. The number of rotatable bonds is 6. The van der Waals surface area contributed by atoms with E-state index in [2.05, 4.69) is 0 Å². The van der Waals surface area contributed by atoms with Crippen LogP contribution >= 0.6 is 0 Å². The minimum absolute atomic E-state index is 0.0157. The van der Waals surface area contributed by atoms with E-state index in [4.69, 9.17) is 14.6 Å². The van der Waals surface area contributed by atoms with Crippen LogP contribution in [-0.2, 0) is 4.79 Å². The Hall–Kier alpha value is -1.71. The fourth-order valence-electron chi connectivity index (χ4n) is 2.65. The molecule has 0 saturated heterocycles. The average molecular weight is 264 g/mol. The van der Waals surface area contributed by atoms with Crippen LogP contribution in [0.1, 0.15) is 36.3 Å². The van der Waals surface area contributed by atoms with Crippen molar-refractivity contribution in [1.29, 1.82) is 0 Å². The third kappa shape index (κ3) is 2.83. The third-order valence-electron chi connectivity index (χ3n) is 3.73. The quantitative estimate of drug-likeness (QED) is 0.858. The lowest BCUT2D eigenvalue weighted by Gasteiger charge is -2.21. The van der Waals surface area contributed by atoms with Crippen molar-refractivity contribution in [2.45, 2.75) is 32.1 Å². The van der Waals surface area contributed by atoms with Crippen molar-refractivity contribution >= 4 is 5.97 Å². The molecule has 0 aliphatic heterocycles. The monoisotopic (exact) mass is 264 g/mol. The van der Waals surface area contributed by atoms with Crippen LogP contribution in [0.4, 0.5) is 0 Å². The van der Waals surface area contributed by atoms with Gasteiger partial charge in [-0.15, -0.1) is 0 Å². The molecule has 19 heavy (non-hydrogen) atoms. The summed E-state index contributed by atoms with van der Waals surface area (Å²) in [5.41, 5.74) is 1.95. The van der Waals surface area contributed by atoms with Crippen molar-refractivity contribution in [2.24, 2.45) is 5.92 Å². The minimum Gasteiger partial charge on any atom is -0.493 e. The Morgan fingerprint density at radius 1 is 1.32 bits per heavy atom. The van der Waals surface area contributed by atoms with Crippen LogP contribution in [-0.4, -0.2) is 25.3 Å². The molecule has 1 aliphatic carbocycles. The second-order valence-electron chi connectivity index (χ2n) is 5.08. The summed E-state index contributed by atoms with van der Waals surface area (Å²) in [6, 6.07) is 3.94. The fourth-order valence-corrected chi connectivity index (χ4v) is 2.65. The van der Waals surface area contributed by atoms with Gasteiger partial charge in [-0.3, -0.25) is 4.79 Å². The number of benzene rings is 1. The zero-order chi connectivity index (χ0) is 14.0. The third-order valence-corrected chi connectivity index (χ3v) is 3.73. The van der Waals surface area contributed by atoms with Crippen LogP contribution in [0.25, 0.3) is 0 Å². The molecule has 1 aromatic rings. The van der Waals surface area contributed by atoms with Crippen molar-refractivity contribution in [3.8, 4) is 11.5 Å². The van der Waals surface area contributed by atoms with Crippen molar-refractivity contribution < 1.29 is 19.4 Å². The normalized spacial score (nSPS) is 15.9. The van der Waals surface area contributed by atoms with Gasteiger partial charge in [-0.2, -0.15) is 0 Å². The first-order chi connectivity index (χ1) is 9.08. The molecule has 0 spiro atoms. The van der Waals surface area contributed by atoms with E-state index in [0.29, 0.717) is 17.4 Å². The van der Waals surface area contributed by atoms with Gasteiger partial charge in [0.15, 0.2) is 11.5 Å². The standard InChI is InChI=1S/C15H20O4/c1-9-4-7-11(15(19-3)14(9)18-2)12(8-13(16)17)10-5-6-10/h4,7,10,12H,5-6,8H2,1-3H3,(H,16,17). The highest BCUT2D eigenvalue weighted by atomic mass is 16.5.